The Kier molecular flexibility index (Phi) is 5.78. The molecule has 2 rings (SSSR count). The number of aliphatic hydroxyl groups is 1. The molecule has 0 fully saturated rings. The molecular formula is C18H20O6. The maximum atomic E-state index is 12.5. The van der Waals surface area contributed by atoms with Gasteiger partial charge in [-0.25, -0.2) is 0 Å². The zero-order valence-electron chi connectivity index (χ0n) is 13.7. The molecule has 2 unspecified atom stereocenters. The molecule has 0 saturated heterocycles. The lowest BCUT2D eigenvalue weighted by Gasteiger charge is -2.28. The fraction of sp³-hybridized carbons (Fsp3) is 0.278. The van der Waals surface area contributed by atoms with Gasteiger partial charge in [0.2, 0.25) is 0 Å². The minimum atomic E-state index is -1.15. The van der Waals surface area contributed by atoms with E-state index in [4.69, 9.17) is 14.2 Å². The van der Waals surface area contributed by atoms with Crippen molar-refractivity contribution >= 4 is 11.9 Å². The molecule has 0 spiro atoms. The number of allylic oxidation sites excluding steroid dienone is 1. The first-order valence-corrected chi connectivity index (χ1v) is 7.27. The van der Waals surface area contributed by atoms with E-state index in [-0.39, 0.29) is 17.1 Å². The molecule has 2 N–H and O–H groups in total. The first-order chi connectivity index (χ1) is 11.5. The fourth-order valence-corrected chi connectivity index (χ4v) is 2.47. The number of ketones is 1. The van der Waals surface area contributed by atoms with E-state index < -0.39 is 18.0 Å². The lowest BCUT2D eigenvalue weighted by atomic mass is 9.93. The molecule has 6 nitrogen and oxygen atoms in total. The SMILES string of the molecule is COC1=CC(O)C(C(=O)C=Cc2ccc(O)cc2)=C(OC)C1OC. The average Bonchev–Trinajstić information content (AvgIpc) is 2.59. The van der Waals surface area contributed by atoms with Gasteiger partial charge in [0.15, 0.2) is 11.9 Å². The number of phenolic OH excluding ortho intramolecular Hbond substituents is 1. The normalized spacial score (nSPS) is 20.9. The van der Waals surface area contributed by atoms with Gasteiger partial charge in [0.05, 0.1) is 19.8 Å². The predicted octanol–water partition coefficient (Wildman–Crippen LogP) is 1.79. The van der Waals surface area contributed by atoms with Crippen LogP contribution < -0.4 is 0 Å². The van der Waals surface area contributed by atoms with E-state index in [0.29, 0.717) is 5.76 Å². The van der Waals surface area contributed by atoms with Crippen LogP contribution in [0.1, 0.15) is 5.56 Å². The van der Waals surface area contributed by atoms with Crippen molar-refractivity contribution in [2.75, 3.05) is 21.3 Å². The highest BCUT2D eigenvalue weighted by Gasteiger charge is 2.35. The number of rotatable bonds is 6. The van der Waals surface area contributed by atoms with E-state index >= 15 is 0 Å². The van der Waals surface area contributed by atoms with E-state index in [2.05, 4.69) is 0 Å². The minimum Gasteiger partial charge on any atom is -0.508 e. The first kappa shape index (κ1) is 17.8. The Bertz CT molecular complexity index is 684. The zero-order chi connectivity index (χ0) is 17.7. The Morgan fingerprint density at radius 3 is 2.33 bits per heavy atom. The lowest BCUT2D eigenvalue weighted by Crippen LogP contribution is -2.32. The van der Waals surface area contributed by atoms with Crippen molar-refractivity contribution in [3.63, 3.8) is 0 Å². The molecule has 0 heterocycles. The van der Waals surface area contributed by atoms with Crippen LogP contribution in [0.15, 0.2) is 53.5 Å². The molecule has 1 aromatic carbocycles. The van der Waals surface area contributed by atoms with Gasteiger partial charge in [-0.15, -0.1) is 0 Å². The third-order valence-electron chi connectivity index (χ3n) is 3.66. The van der Waals surface area contributed by atoms with Gasteiger partial charge in [-0.1, -0.05) is 18.2 Å². The summed E-state index contributed by atoms with van der Waals surface area (Å²) >= 11 is 0. The summed E-state index contributed by atoms with van der Waals surface area (Å²) in [5.41, 5.74) is 0.836. The summed E-state index contributed by atoms with van der Waals surface area (Å²) in [5.74, 6) is 0.331. The van der Waals surface area contributed by atoms with Gasteiger partial charge < -0.3 is 24.4 Å². The van der Waals surface area contributed by atoms with Gasteiger partial charge in [-0.3, -0.25) is 4.79 Å². The summed E-state index contributed by atoms with van der Waals surface area (Å²) in [6.45, 7) is 0. The van der Waals surface area contributed by atoms with Crippen molar-refractivity contribution in [3.05, 3.63) is 59.1 Å². The number of carbonyl (C=O) groups is 1. The monoisotopic (exact) mass is 332 g/mol. The van der Waals surface area contributed by atoms with Gasteiger partial charge in [-0.05, 0) is 29.8 Å². The molecule has 0 saturated carbocycles. The Hall–Kier alpha value is -2.57. The number of ether oxygens (including phenoxy) is 3. The van der Waals surface area contributed by atoms with Crippen LogP contribution >= 0.6 is 0 Å². The van der Waals surface area contributed by atoms with E-state index in [1.54, 1.807) is 18.2 Å². The van der Waals surface area contributed by atoms with Gasteiger partial charge in [-0.2, -0.15) is 0 Å². The van der Waals surface area contributed by atoms with Crippen LogP contribution in [0.4, 0.5) is 0 Å². The van der Waals surface area contributed by atoms with Crippen molar-refractivity contribution in [2.45, 2.75) is 12.2 Å². The Labute approximate surface area is 140 Å². The lowest BCUT2D eigenvalue weighted by molar-refractivity contribution is -0.112. The first-order valence-electron chi connectivity index (χ1n) is 7.27. The molecule has 24 heavy (non-hydrogen) atoms. The number of hydrogen-bond acceptors (Lipinski definition) is 6. The summed E-state index contributed by atoms with van der Waals surface area (Å²) in [6, 6.07) is 6.38. The fourth-order valence-electron chi connectivity index (χ4n) is 2.47. The largest absolute Gasteiger partial charge is 0.508 e. The van der Waals surface area contributed by atoms with Crippen LogP contribution in [0.25, 0.3) is 6.08 Å². The quantitative estimate of drug-likeness (QED) is 0.773. The summed E-state index contributed by atoms with van der Waals surface area (Å²) in [5, 5.41) is 19.5. The number of aliphatic hydroxyl groups excluding tert-OH is 1. The number of benzene rings is 1. The van der Waals surface area contributed by atoms with Gasteiger partial charge in [0, 0.05) is 7.11 Å². The van der Waals surface area contributed by atoms with Crippen LogP contribution in [-0.2, 0) is 19.0 Å². The Balaban J connectivity index is 2.31. The summed E-state index contributed by atoms with van der Waals surface area (Å²) < 4.78 is 15.8. The molecule has 0 aromatic heterocycles. The number of aromatic hydroxyl groups is 1. The van der Waals surface area contributed by atoms with E-state index in [1.165, 1.54) is 45.6 Å². The van der Waals surface area contributed by atoms with Gasteiger partial charge >= 0.3 is 0 Å². The summed E-state index contributed by atoms with van der Waals surface area (Å²) in [4.78, 5) is 12.5. The van der Waals surface area contributed by atoms with Crippen LogP contribution in [0, 0.1) is 0 Å². The smallest absolute Gasteiger partial charge is 0.188 e. The number of phenols is 1. The highest BCUT2D eigenvalue weighted by molar-refractivity contribution is 6.08. The van der Waals surface area contributed by atoms with E-state index in [1.807, 2.05) is 0 Å². The Morgan fingerprint density at radius 2 is 1.79 bits per heavy atom. The van der Waals surface area contributed by atoms with Crippen molar-refractivity contribution in [1.29, 1.82) is 0 Å². The molecule has 6 heteroatoms. The standard InChI is InChI=1S/C18H20O6/c1-22-15-10-14(21)16(18(24-3)17(15)23-2)13(20)9-6-11-4-7-12(19)8-5-11/h4-10,14,17,19,21H,1-3H3. The van der Waals surface area contributed by atoms with Gasteiger partial charge in [0.1, 0.15) is 23.4 Å². The van der Waals surface area contributed by atoms with Crippen molar-refractivity contribution in [1.82, 2.24) is 0 Å². The molecule has 1 aliphatic rings. The molecular weight excluding hydrogens is 312 g/mol. The zero-order valence-corrected chi connectivity index (χ0v) is 13.7. The average molecular weight is 332 g/mol. The van der Waals surface area contributed by atoms with Crippen LogP contribution in [0.2, 0.25) is 0 Å². The van der Waals surface area contributed by atoms with E-state index in [0.717, 1.165) is 5.56 Å². The molecule has 0 bridgehead atoms. The second kappa shape index (κ2) is 7.81. The van der Waals surface area contributed by atoms with Crippen molar-refractivity contribution < 1.29 is 29.2 Å². The summed E-state index contributed by atoms with van der Waals surface area (Å²) in [7, 11) is 4.32. The van der Waals surface area contributed by atoms with Gasteiger partial charge in [0.25, 0.3) is 0 Å². The molecule has 128 valence electrons. The molecule has 0 radical (unpaired) electrons. The van der Waals surface area contributed by atoms with Crippen molar-refractivity contribution in [2.24, 2.45) is 0 Å². The maximum absolute atomic E-state index is 12.5. The number of hydrogen-bond donors (Lipinski definition) is 2. The molecule has 0 amide bonds. The van der Waals surface area contributed by atoms with Crippen LogP contribution in [0.3, 0.4) is 0 Å². The summed E-state index contributed by atoms with van der Waals surface area (Å²) in [6.07, 6.45) is 2.50. The number of methoxy groups -OCH3 is 3. The van der Waals surface area contributed by atoms with Crippen LogP contribution in [-0.4, -0.2) is 49.5 Å². The molecule has 1 aromatic rings. The third kappa shape index (κ3) is 3.67. The third-order valence-corrected chi connectivity index (χ3v) is 3.66. The highest BCUT2D eigenvalue weighted by atomic mass is 16.6. The Morgan fingerprint density at radius 1 is 1.12 bits per heavy atom. The van der Waals surface area contributed by atoms with E-state index in [9.17, 15) is 15.0 Å². The van der Waals surface area contributed by atoms with Crippen molar-refractivity contribution in [3.8, 4) is 5.75 Å². The highest BCUT2D eigenvalue weighted by Crippen LogP contribution is 2.29. The molecule has 0 aliphatic heterocycles. The molecule has 1 aliphatic carbocycles. The van der Waals surface area contributed by atoms with Crippen LogP contribution in [0.5, 0.6) is 5.75 Å². The second-order valence-electron chi connectivity index (χ2n) is 5.10. The second-order valence-corrected chi connectivity index (χ2v) is 5.10. The molecule has 2 atom stereocenters. The maximum Gasteiger partial charge on any atom is 0.188 e. The predicted molar refractivity (Wildman–Crippen MR) is 88.1 cm³/mol. The number of carbonyl (C=O) groups excluding carboxylic acids is 1. The topological polar surface area (TPSA) is 85.2 Å². The minimum absolute atomic E-state index is 0.0974.